The summed E-state index contributed by atoms with van der Waals surface area (Å²) in [7, 11) is 0. The van der Waals surface area contributed by atoms with Crippen molar-refractivity contribution in [2.24, 2.45) is 5.92 Å². The lowest BCUT2D eigenvalue weighted by atomic mass is 9.96. The number of aromatic nitrogens is 4. The number of anilines is 1. The fourth-order valence-corrected chi connectivity index (χ4v) is 3.24. The Kier molecular flexibility index (Phi) is 4.09. The molecule has 1 saturated heterocycles. The van der Waals surface area contributed by atoms with Gasteiger partial charge in [0.2, 0.25) is 5.91 Å². The van der Waals surface area contributed by atoms with Gasteiger partial charge in [-0.15, -0.1) is 0 Å². The zero-order valence-corrected chi connectivity index (χ0v) is 14.1. The van der Waals surface area contributed by atoms with Crippen molar-refractivity contribution in [2.45, 2.75) is 26.3 Å². The molecule has 1 aliphatic heterocycles. The number of carbonyl (C=O) groups excluding carboxylic acids is 1. The van der Waals surface area contributed by atoms with E-state index in [9.17, 15) is 4.79 Å². The molecule has 0 radical (unpaired) electrons. The predicted molar refractivity (Wildman–Crippen MR) is 91.0 cm³/mol. The van der Waals surface area contributed by atoms with Crippen LogP contribution in [0.15, 0.2) is 35.2 Å². The van der Waals surface area contributed by atoms with E-state index in [2.05, 4.69) is 25.3 Å². The minimum absolute atomic E-state index is 0.0281. The molecule has 4 heterocycles. The fourth-order valence-electron chi connectivity index (χ4n) is 3.24. The minimum atomic E-state index is 0.0281. The Morgan fingerprint density at radius 3 is 3.00 bits per heavy atom. The van der Waals surface area contributed by atoms with E-state index in [0.29, 0.717) is 12.3 Å². The number of piperidine rings is 1. The van der Waals surface area contributed by atoms with Gasteiger partial charge in [0.1, 0.15) is 17.9 Å². The summed E-state index contributed by atoms with van der Waals surface area (Å²) in [5, 5.41) is 7.21. The van der Waals surface area contributed by atoms with Crippen LogP contribution in [-0.2, 0) is 11.3 Å². The van der Waals surface area contributed by atoms with Crippen molar-refractivity contribution >= 4 is 17.5 Å². The maximum atomic E-state index is 12.4. The third kappa shape index (κ3) is 3.19. The Bertz CT molecular complexity index is 865. The fraction of sp³-hybridized carbons (Fsp3) is 0.412. The molecule has 8 heteroatoms. The van der Waals surface area contributed by atoms with Crippen LogP contribution in [0.5, 0.6) is 0 Å². The highest BCUT2D eigenvalue weighted by molar-refractivity contribution is 5.78. The van der Waals surface area contributed by atoms with E-state index in [1.165, 1.54) is 6.33 Å². The second-order valence-corrected chi connectivity index (χ2v) is 6.29. The highest BCUT2D eigenvalue weighted by Crippen LogP contribution is 2.24. The van der Waals surface area contributed by atoms with Crippen molar-refractivity contribution in [3.8, 4) is 0 Å². The summed E-state index contributed by atoms with van der Waals surface area (Å²) in [6.45, 7) is 4.00. The highest BCUT2D eigenvalue weighted by Gasteiger charge is 2.26. The van der Waals surface area contributed by atoms with Gasteiger partial charge in [-0.05, 0) is 31.9 Å². The predicted octanol–water partition coefficient (Wildman–Crippen LogP) is 1.56. The number of fused-ring (bicyclic) bond motifs is 1. The Morgan fingerprint density at radius 1 is 1.40 bits per heavy atom. The van der Waals surface area contributed by atoms with Crippen molar-refractivity contribution in [1.82, 2.24) is 24.9 Å². The molecular formula is C17H20N6O2. The first kappa shape index (κ1) is 15.6. The number of furan rings is 1. The lowest BCUT2D eigenvalue weighted by molar-refractivity contribution is -0.125. The third-order valence-corrected chi connectivity index (χ3v) is 4.57. The normalized spacial score (nSPS) is 15.6. The van der Waals surface area contributed by atoms with Gasteiger partial charge in [0.25, 0.3) is 5.78 Å². The molecule has 1 amide bonds. The Labute approximate surface area is 144 Å². The summed E-state index contributed by atoms with van der Waals surface area (Å²) in [5.41, 5.74) is 0.911. The number of amides is 1. The van der Waals surface area contributed by atoms with Gasteiger partial charge in [-0.2, -0.15) is 14.6 Å². The minimum Gasteiger partial charge on any atom is -0.467 e. The summed E-state index contributed by atoms with van der Waals surface area (Å²) in [6, 6.07) is 5.69. The van der Waals surface area contributed by atoms with Crippen LogP contribution in [0.3, 0.4) is 0 Å². The second kappa shape index (κ2) is 6.54. The van der Waals surface area contributed by atoms with Crippen molar-refractivity contribution in [3.63, 3.8) is 0 Å². The van der Waals surface area contributed by atoms with Gasteiger partial charge in [-0.1, -0.05) is 0 Å². The summed E-state index contributed by atoms with van der Waals surface area (Å²) in [6.07, 6.45) is 4.74. The van der Waals surface area contributed by atoms with E-state index < -0.39 is 0 Å². The number of hydrogen-bond acceptors (Lipinski definition) is 6. The largest absolute Gasteiger partial charge is 0.467 e. The molecule has 0 aromatic carbocycles. The van der Waals surface area contributed by atoms with Crippen LogP contribution >= 0.6 is 0 Å². The molecule has 3 aromatic rings. The van der Waals surface area contributed by atoms with Crippen LogP contribution in [0.2, 0.25) is 0 Å². The van der Waals surface area contributed by atoms with E-state index in [0.717, 1.165) is 43.2 Å². The van der Waals surface area contributed by atoms with Crippen LogP contribution < -0.4 is 10.2 Å². The van der Waals surface area contributed by atoms with Gasteiger partial charge >= 0.3 is 0 Å². The zero-order chi connectivity index (χ0) is 17.2. The molecule has 25 heavy (non-hydrogen) atoms. The molecule has 3 aromatic heterocycles. The molecule has 0 atom stereocenters. The van der Waals surface area contributed by atoms with Crippen molar-refractivity contribution < 1.29 is 9.21 Å². The maximum absolute atomic E-state index is 12.4. The van der Waals surface area contributed by atoms with Gasteiger partial charge in [-0.25, -0.2) is 4.98 Å². The topological polar surface area (TPSA) is 88.6 Å². The molecule has 130 valence electrons. The quantitative estimate of drug-likeness (QED) is 0.775. The lowest BCUT2D eigenvalue weighted by Gasteiger charge is -2.32. The Hall–Kier alpha value is -2.90. The van der Waals surface area contributed by atoms with Crippen LogP contribution in [-0.4, -0.2) is 38.6 Å². The average Bonchev–Trinajstić information content (AvgIpc) is 3.30. The molecule has 1 fully saturated rings. The smallest absolute Gasteiger partial charge is 0.254 e. The molecule has 0 bridgehead atoms. The standard InChI is InChI=1S/C17H20N6O2/c1-12-9-15(23-17(21-12)19-11-20-23)22-6-4-13(5-7-22)16(24)18-10-14-3-2-8-25-14/h2-3,8-9,11,13H,4-7,10H2,1H3,(H,18,24). The van der Waals surface area contributed by atoms with E-state index in [1.807, 2.05) is 25.1 Å². The van der Waals surface area contributed by atoms with Crippen molar-refractivity contribution in [2.75, 3.05) is 18.0 Å². The van der Waals surface area contributed by atoms with Crippen LogP contribution in [0.4, 0.5) is 5.82 Å². The first-order valence-electron chi connectivity index (χ1n) is 8.43. The van der Waals surface area contributed by atoms with E-state index in [4.69, 9.17) is 4.42 Å². The number of carbonyl (C=O) groups is 1. The molecule has 0 unspecified atom stereocenters. The number of hydrogen-bond donors (Lipinski definition) is 1. The molecule has 4 rings (SSSR count). The molecule has 0 aliphatic carbocycles. The Morgan fingerprint density at radius 2 is 2.24 bits per heavy atom. The molecule has 0 spiro atoms. The monoisotopic (exact) mass is 340 g/mol. The number of aryl methyl sites for hydroxylation is 1. The summed E-state index contributed by atoms with van der Waals surface area (Å²) < 4.78 is 7.00. The van der Waals surface area contributed by atoms with Gasteiger partial charge < -0.3 is 14.6 Å². The van der Waals surface area contributed by atoms with Gasteiger partial charge in [0.15, 0.2) is 0 Å². The zero-order valence-electron chi connectivity index (χ0n) is 14.1. The van der Waals surface area contributed by atoms with Crippen LogP contribution in [0, 0.1) is 12.8 Å². The van der Waals surface area contributed by atoms with Crippen molar-refractivity contribution in [1.29, 1.82) is 0 Å². The summed E-state index contributed by atoms with van der Waals surface area (Å²) in [4.78, 5) is 23.1. The molecule has 8 nitrogen and oxygen atoms in total. The maximum Gasteiger partial charge on any atom is 0.254 e. The van der Waals surface area contributed by atoms with Gasteiger partial charge in [0.05, 0.1) is 12.8 Å². The molecule has 0 saturated carbocycles. The number of nitrogens with one attached hydrogen (secondary N) is 1. The Balaban J connectivity index is 1.39. The molecule has 1 aliphatic rings. The summed E-state index contributed by atoms with van der Waals surface area (Å²) >= 11 is 0. The second-order valence-electron chi connectivity index (χ2n) is 6.29. The van der Waals surface area contributed by atoms with Crippen molar-refractivity contribution in [3.05, 3.63) is 42.2 Å². The molecule has 1 N–H and O–H groups in total. The van der Waals surface area contributed by atoms with Gasteiger partial charge in [0, 0.05) is 30.8 Å². The molecular weight excluding hydrogens is 320 g/mol. The van der Waals surface area contributed by atoms with E-state index >= 15 is 0 Å². The SMILES string of the molecule is Cc1cc(N2CCC(C(=O)NCc3ccco3)CC2)n2ncnc2n1. The first-order valence-corrected chi connectivity index (χ1v) is 8.43. The van der Waals surface area contributed by atoms with Crippen LogP contribution in [0.25, 0.3) is 5.78 Å². The lowest BCUT2D eigenvalue weighted by Crippen LogP contribution is -2.41. The average molecular weight is 340 g/mol. The number of rotatable bonds is 4. The van der Waals surface area contributed by atoms with Crippen LogP contribution in [0.1, 0.15) is 24.3 Å². The third-order valence-electron chi connectivity index (χ3n) is 4.57. The number of nitrogens with zero attached hydrogens (tertiary/aromatic N) is 5. The van der Waals surface area contributed by atoms with E-state index in [-0.39, 0.29) is 11.8 Å². The highest BCUT2D eigenvalue weighted by atomic mass is 16.3. The summed E-state index contributed by atoms with van der Waals surface area (Å²) in [5.74, 6) is 2.47. The first-order chi connectivity index (χ1) is 12.2. The van der Waals surface area contributed by atoms with E-state index in [1.54, 1.807) is 10.8 Å². The van der Waals surface area contributed by atoms with Gasteiger partial charge in [-0.3, -0.25) is 4.79 Å².